The van der Waals surface area contributed by atoms with Crippen LogP contribution in [0.25, 0.3) is 6.08 Å². The van der Waals surface area contributed by atoms with E-state index in [4.69, 9.17) is 0 Å². The second-order valence-electron chi connectivity index (χ2n) is 6.72. The molecule has 0 unspecified atom stereocenters. The van der Waals surface area contributed by atoms with Gasteiger partial charge in [0.2, 0.25) is 0 Å². The van der Waals surface area contributed by atoms with Crippen molar-refractivity contribution in [3.05, 3.63) is 52.6 Å². The first kappa shape index (κ1) is 17.5. The molecule has 0 saturated carbocycles. The van der Waals surface area contributed by atoms with E-state index in [1.165, 1.54) is 29.3 Å². The summed E-state index contributed by atoms with van der Waals surface area (Å²) in [7, 11) is 0. The summed E-state index contributed by atoms with van der Waals surface area (Å²) in [6.45, 7) is 6.46. The molecule has 0 fully saturated rings. The smallest absolute Gasteiger partial charge is 0.284 e. The van der Waals surface area contributed by atoms with Crippen molar-refractivity contribution in [1.82, 2.24) is 0 Å². The Balaban J connectivity index is 2.29. The summed E-state index contributed by atoms with van der Waals surface area (Å²) in [5.41, 5.74) is 2.89. The Bertz CT molecular complexity index is 663. The van der Waals surface area contributed by atoms with Crippen LogP contribution < -0.4 is 0 Å². The molecule has 23 heavy (non-hydrogen) atoms. The monoisotopic (exact) mass is 322 g/mol. The van der Waals surface area contributed by atoms with Gasteiger partial charge in [-0.15, -0.1) is 0 Å². The van der Waals surface area contributed by atoms with Crippen LogP contribution in [0.1, 0.15) is 56.0 Å². The lowest BCUT2D eigenvalue weighted by atomic mass is 9.72. The molecule has 0 spiro atoms. The molecular formula is C19H21F3O. The van der Waals surface area contributed by atoms with Crippen molar-refractivity contribution in [1.29, 1.82) is 0 Å². The van der Waals surface area contributed by atoms with E-state index in [2.05, 4.69) is 20.8 Å². The van der Waals surface area contributed by atoms with Crippen LogP contribution in [0.4, 0.5) is 13.2 Å². The Morgan fingerprint density at radius 1 is 1.22 bits per heavy atom. The van der Waals surface area contributed by atoms with Gasteiger partial charge in [0.1, 0.15) is 0 Å². The molecule has 0 aromatic heterocycles. The van der Waals surface area contributed by atoms with Crippen molar-refractivity contribution in [2.24, 2.45) is 5.41 Å². The Labute approximate surface area is 134 Å². The first-order valence-corrected chi connectivity index (χ1v) is 7.71. The Morgan fingerprint density at radius 3 is 2.52 bits per heavy atom. The van der Waals surface area contributed by atoms with E-state index in [-0.39, 0.29) is 11.0 Å². The zero-order valence-electron chi connectivity index (χ0n) is 13.6. The number of halogens is 3. The topological polar surface area (TPSA) is 17.1 Å². The van der Waals surface area contributed by atoms with E-state index in [1.807, 2.05) is 6.08 Å². The fourth-order valence-electron chi connectivity index (χ4n) is 3.14. The molecule has 0 radical (unpaired) electrons. The summed E-state index contributed by atoms with van der Waals surface area (Å²) >= 11 is 0. The molecule has 1 aromatic carbocycles. The highest BCUT2D eigenvalue weighted by Crippen LogP contribution is 2.41. The van der Waals surface area contributed by atoms with Crippen molar-refractivity contribution >= 4 is 11.9 Å². The molecule has 0 atom stereocenters. The maximum Gasteiger partial charge on any atom is 0.454 e. The summed E-state index contributed by atoms with van der Waals surface area (Å²) in [6, 6.07) is 5.67. The van der Waals surface area contributed by atoms with Crippen LogP contribution >= 0.6 is 0 Å². The highest BCUT2D eigenvalue weighted by molar-refractivity contribution is 6.00. The van der Waals surface area contributed by atoms with Gasteiger partial charge in [0.25, 0.3) is 5.78 Å². The summed E-state index contributed by atoms with van der Waals surface area (Å²) in [5.74, 6) is -1.80. The number of carbonyl (C=O) groups is 1. The molecule has 0 amide bonds. The van der Waals surface area contributed by atoms with Crippen LogP contribution in [-0.4, -0.2) is 12.0 Å². The lowest BCUT2D eigenvalue weighted by molar-refractivity contribution is -0.0885. The van der Waals surface area contributed by atoms with E-state index in [0.717, 1.165) is 19.3 Å². The number of benzene rings is 1. The van der Waals surface area contributed by atoms with Crippen LogP contribution in [0, 0.1) is 5.41 Å². The Hall–Kier alpha value is -1.84. The first-order chi connectivity index (χ1) is 10.6. The molecule has 0 heterocycles. The zero-order valence-corrected chi connectivity index (χ0v) is 13.6. The van der Waals surface area contributed by atoms with Crippen molar-refractivity contribution in [3.63, 3.8) is 0 Å². The van der Waals surface area contributed by atoms with Crippen molar-refractivity contribution in [2.45, 2.75) is 46.2 Å². The van der Waals surface area contributed by atoms with Gasteiger partial charge in [0, 0.05) is 5.56 Å². The van der Waals surface area contributed by atoms with Crippen LogP contribution in [0.5, 0.6) is 0 Å². The van der Waals surface area contributed by atoms with Crippen LogP contribution in [-0.2, 0) is 0 Å². The van der Waals surface area contributed by atoms with Crippen LogP contribution in [0.3, 0.4) is 0 Å². The second-order valence-corrected chi connectivity index (χ2v) is 6.72. The van der Waals surface area contributed by atoms with E-state index in [9.17, 15) is 18.0 Å². The van der Waals surface area contributed by atoms with Gasteiger partial charge in [-0.05, 0) is 48.8 Å². The molecule has 0 bridgehead atoms. The molecule has 0 saturated heterocycles. The predicted octanol–water partition coefficient (Wildman–Crippen LogP) is 5.97. The third kappa shape index (κ3) is 4.12. The minimum atomic E-state index is -4.84. The minimum absolute atomic E-state index is 0.0677. The van der Waals surface area contributed by atoms with Gasteiger partial charge < -0.3 is 0 Å². The number of allylic oxidation sites excluding steroid dienone is 3. The van der Waals surface area contributed by atoms with Gasteiger partial charge in [0.15, 0.2) is 0 Å². The maximum atomic E-state index is 12.5. The fraction of sp³-hybridized carbons (Fsp3) is 0.421. The highest BCUT2D eigenvalue weighted by Gasteiger charge is 2.39. The van der Waals surface area contributed by atoms with Crippen molar-refractivity contribution in [3.8, 4) is 0 Å². The summed E-state index contributed by atoms with van der Waals surface area (Å²) in [6.07, 6.45) is 2.23. The quantitative estimate of drug-likeness (QED) is 0.626. The molecular weight excluding hydrogens is 301 g/mol. The number of ketones is 1. The summed E-state index contributed by atoms with van der Waals surface area (Å²) < 4.78 is 37.6. The number of hydrogen-bond acceptors (Lipinski definition) is 1. The molecule has 1 nitrogen and oxygen atoms in total. The fourth-order valence-corrected chi connectivity index (χ4v) is 3.14. The molecule has 4 heteroatoms. The van der Waals surface area contributed by atoms with E-state index in [1.54, 1.807) is 12.1 Å². The SMILES string of the molecule is CC1=C(/C=C/c2cccc(C(=O)C(F)(F)F)c2)C(C)(C)CCC1. The van der Waals surface area contributed by atoms with Gasteiger partial charge in [-0.3, -0.25) is 4.79 Å². The number of Topliss-reactive ketones (excluding diaryl/α,β-unsaturated/α-hetero) is 1. The number of alkyl halides is 3. The van der Waals surface area contributed by atoms with E-state index < -0.39 is 12.0 Å². The van der Waals surface area contributed by atoms with Gasteiger partial charge in [0.05, 0.1) is 0 Å². The molecule has 1 aliphatic rings. The highest BCUT2D eigenvalue weighted by atomic mass is 19.4. The van der Waals surface area contributed by atoms with Crippen molar-refractivity contribution < 1.29 is 18.0 Å². The van der Waals surface area contributed by atoms with Gasteiger partial charge in [-0.2, -0.15) is 13.2 Å². The lowest BCUT2D eigenvalue weighted by Gasteiger charge is -2.32. The van der Waals surface area contributed by atoms with Gasteiger partial charge in [-0.1, -0.05) is 49.8 Å². The largest absolute Gasteiger partial charge is 0.454 e. The summed E-state index contributed by atoms with van der Waals surface area (Å²) in [5, 5.41) is 0. The first-order valence-electron chi connectivity index (χ1n) is 7.71. The number of hydrogen-bond donors (Lipinski definition) is 0. The average Bonchev–Trinajstić information content (AvgIpc) is 2.44. The van der Waals surface area contributed by atoms with Crippen LogP contribution in [0.15, 0.2) is 41.5 Å². The summed E-state index contributed by atoms with van der Waals surface area (Å²) in [4.78, 5) is 11.3. The molecule has 124 valence electrons. The molecule has 2 rings (SSSR count). The van der Waals surface area contributed by atoms with E-state index in [0.29, 0.717) is 5.56 Å². The normalized spacial score (nSPS) is 18.5. The molecule has 1 aromatic rings. The number of carbonyl (C=O) groups excluding carboxylic acids is 1. The zero-order chi connectivity index (χ0) is 17.3. The third-order valence-corrected chi connectivity index (χ3v) is 4.39. The molecule has 1 aliphatic carbocycles. The Kier molecular flexibility index (Phi) is 4.83. The van der Waals surface area contributed by atoms with E-state index >= 15 is 0 Å². The Morgan fingerprint density at radius 2 is 1.91 bits per heavy atom. The lowest BCUT2D eigenvalue weighted by Crippen LogP contribution is -2.22. The second kappa shape index (κ2) is 6.34. The van der Waals surface area contributed by atoms with Crippen molar-refractivity contribution in [2.75, 3.05) is 0 Å². The van der Waals surface area contributed by atoms with Crippen LogP contribution in [0.2, 0.25) is 0 Å². The maximum absolute atomic E-state index is 12.5. The minimum Gasteiger partial charge on any atom is -0.284 e. The molecule has 0 N–H and O–H groups in total. The predicted molar refractivity (Wildman–Crippen MR) is 86.2 cm³/mol. The van der Waals surface area contributed by atoms with Gasteiger partial charge >= 0.3 is 6.18 Å². The number of rotatable bonds is 3. The standard InChI is InChI=1S/C19H21F3O/c1-13-6-5-11-18(2,3)16(13)10-9-14-7-4-8-15(12-14)17(23)19(20,21)22/h4,7-10,12H,5-6,11H2,1-3H3/b10-9+. The molecule has 0 aliphatic heterocycles. The average molecular weight is 322 g/mol. The third-order valence-electron chi connectivity index (χ3n) is 4.39. The van der Waals surface area contributed by atoms with Gasteiger partial charge in [-0.25, -0.2) is 0 Å².